The maximum atomic E-state index is 5.55. The smallest absolute Gasteiger partial charge is 0.128 e. The summed E-state index contributed by atoms with van der Waals surface area (Å²) in [5, 5.41) is 0. The number of rotatable bonds is 4. The predicted octanol–water partition coefficient (Wildman–Crippen LogP) is 3.29. The molecule has 68 valence electrons. The molecule has 0 aliphatic heterocycles. The molecule has 0 bridgehead atoms. The summed E-state index contributed by atoms with van der Waals surface area (Å²) in [5.41, 5.74) is 0. The molecule has 0 saturated carbocycles. The van der Waals surface area contributed by atoms with E-state index in [4.69, 9.17) is 4.74 Å². The fraction of sp³-hybridized carbons (Fsp3) is 0.600. The Labute approximate surface area is 79.9 Å². The van der Waals surface area contributed by atoms with Gasteiger partial charge < -0.3 is 4.74 Å². The minimum atomic E-state index is 0.820. The van der Waals surface area contributed by atoms with Gasteiger partial charge in [-0.25, -0.2) is 0 Å². The van der Waals surface area contributed by atoms with Gasteiger partial charge in [-0.3, -0.25) is 0 Å². The van der Waals surface area contributed by atoms with Crippen LogP contribution < -0.4 is 0 Å². The van der Waals surface area contributed by atoms with Crippen LogP contribution in [0.5, 0.6) is 0 Å². The summed E-state index contributed by atoms with van der Waals surface area (Å²) < 4.78 is 5.55. The Balaban J connectivity index is 2.31. The molecule has 12 heavy (non-hydrogen) atoms. The Morgan fingerprint density at radius 1 is 1.42 bits per heavy atom. The van der Waals surface area contributed by atoms with E-state index in [1.807, 2.05) is 0 Å². The Morgan fingerprint density at radius 3 is 2.83 bits per heavy atom. The summed E-state index contributed by atoms with van der Waals surface area (Å²) in [5.74, 6) is 0.970. The largest absolute Gasteiger partial charge is 0.493 e. The van der Waals surface area contributed by atoms with E-state index >= 15 is 0 Å². The first-order valence-corrected chi connectivity index (χ1v) is 5.01. The Kier molecular flexibility index (Phi) is 4.30. The topological polar surface area (TPSA) is 9.23 Å². The van der Waals surface area contributed by atoms with E-state index in [1.165, 1.54) is 6.42 Å². The molecule has 0 aromatic heterocycles. The lowest BCUT2D eigenvalue weighted by atomic mass is 10.2. The van der Waals surface area contributed by atoms with Crippen LogP contribution >= 0.6 is 12.6 Å². The van der Waals surface area contributed by atoms with Gasteiger partial charge in [0.15, 0.2) is 0 Å². The van der Waals surface area contributed by atoms with E-state index in [0.29, 0.717) is 0 Å². The average molecular weight is 184 g/mol. The highest BCUT2D eigenvalue weighted by Crippen LogP contribution is 2.22. The van der Waals surface area contributed by atoms with Crippen molar-refractivity contribution in [3.63, 3.8) is 0 Å². The molecule has 0 atom stereocenters. The van der Waals surface area contributed by atoms with Gasteiger partial charge in [-0.05, 0) is 25.3 Å². The lowest BCUT2D eigenvalue weighted by Gasteiger charge is -2.13. The zero-order chi connectivity index (χ0) is 8.81. The fourth-order valence-electron chi connectivity index (χ4n) is 1.10. The van der Waals surface area contributed by atoms with Gasteiger partial charge in [0.2, 0.25) is 0 Å². The summed E-state index contributed by atoms with van der Waals surface area (Å²) in [4.78, 5) is 0.998. The van der Waals surface area contributed by atoms with Crippen LogP contribution in [0.4, 0.5) is 0 Å². The van der Waals surface area contributed by atoms with Crippen LogP contribution in [0.3, 0.4) is 0 Å². The van der Waals surface area contributed by atoms with Crippen molar-refractivity contribution in [1.82, 2.24) is 0 Å². The molecule has 0 N–H and O–H groups in total. The Hall–Kier alpha value is -0.370. The molecule has 0 spiro atoms. The summed E-state index contributed by atoms with van der Waals surface area (Å²) in [6.45, 7) is 2.98. The highest BCUT2D eigenvalue weighted by Gasteiger charge is 2.05. The Bertz CT molecular complexity index is 194. The molecule has 0 unspecified atom stereocenters. The van der Waals surface area contributed by atoms with E-state index in [2.05, 4.69) is 31.7 Å². The second kappa shape index (κ2) is 5.31. The van der Waals surface area contributed by atoms with Gasteiger partial charge in [0.05, 0.1) is 6.61 Å². The normalized spacial score (nSPS) is 16.8. The summed E-state index contributed by atoms with van der Waals surface area (Å²) in [6, 6.07) is 0. The standard InChI is InChI=1S/C10H16OS/c1-2-3-8-11-9-6-4-5-7-10(9)12/h6-7,12H,2-5,8H2,1H3. The summed E-state index contributed by atoms with van der Waals surface area (Å²) in [7, 11) is 0. The molecule has 0 radical (unpaired) electrons. The lowest BCUT2D eigenvalue weighted by Crippen LogP contribution is -1.98. The van der Waals surface area contributed by atoms with Gasteiger partial charge in [-0.2, -0.15) is 0 Å². The zero-order valence-electron chi connectivity index (χ0n) is 7.55. The fourth-order valence-corrected chi connectivity index (χ4v) is 1.38. The SMILES string of the molecule is CCCCOC1=CCCC=C1S. The zero-order valence-corrected chi connectivity index (χ0v) is 8.44. The molecule has 0 aromatic carbocycles. The number of hydrogen-bond donors (Lipinski definition) is 1. The van der Waals surface area contributed by atoms with E-state index in [1.54, 1.807) is 0 Å². The molecule has 1 nitrogen and oxygen atoms in total. The van der Waals surface area contributed by atoms with Crippen LogP contribution in [0.1, 0.15) is 32.6 Å². The van der Waals surface area contributed by atoms with Gasteiger partial charge in [0, 0.05) is 4.91 Å². The third-order valence-electron chi connectivity index (χ3n) is 1.84. The van der Waals surface area contributed by atoms with E-state index in [9.17, 15) is 0 Å². The quantitative estimate of drug-likeness (QED) is 0.521. The van der Waals surface area contributed by atoms with Crippen LogP contribution in [0, 0.1) is 0 Å². The van der Waals surface area contributed by atoms with Gasteiger partial charge in [-0.1, -0.05) is 19.4 Å². The van der Waals surface area contributed by atoms with Crippen molar-refractivity contribution in [2.45, 2.75) is 32.6 Å². The second-order valence-electron chi connectivity index (χ2n) is 2.94. The number of hydrogen-bond acceptors (Lipinski definition) is 2. The monoisotopic (exact) mass is 184 g/mol. The Morgan fingerprint density at radius 2 is 2.17 bits per heavy atom. The van der Waals surface area contributed by atoms with Gasteiger partial charge >= 0.3 is 0 Å². The molecule has 2 heteroatoms. The number of thiol groups is 1. The highest BCUT2D eigenvalue weighted by atomic mass is 32.1. The van der Waals surface area contributed by atoms with E-state index < -0.39 is 0 Å². The highest BCUT2D eigenvalue weighted by molar-refractivity contribution is 7.84. The van der Waals surface area contributed by atoms with E-state index in [-0.39, 0.29) is 0 Å². The third kappa shape index (κ3) is 2.94. The predicted molar refractivity (Wildman–Crippen MR) is 55.2 cm³/mol. The van der Waals surface area contributed by atoms with Crippen LogP contribution in [0.25, 0.3) is 0 Å². The summed E-state index contributed by atoms with van der Waals surface area (Å²) >= 11 is 4.33. The van der Waals surface area contributed by atoms with Crippen molar-refractivity contribution >= 4 is 12.6 Å². The molecular weight excluding hydrogens is 168 g/mol. The van der Waals surface area contributed by atoms with Gasteiger partial charge in [0.25, 0.3) is 0 Å². The average Bonchev–Trinajstić information content (AvgIpc) is 2.09. The molecule has 0 amide bonds. The molecule has 1 aliphatic rings. The first-order chi connectivity index (χ1) is 5.84. The molecule has 0 saturated heterocycles. The molecule has 1 aliphatic carbocycles. The van der Waals surface area contributed by atoms with Crippen LogP contribution in [-0.2, 0) is 4.74 Å². The molecule has 0 heterocycles. The van der Waals surface area contributed by atoms with Crippen molar-refractivity contribution in [2.24, 2.45) is 0 Å². The molecule has 0 aromatic rings. The third-order valence-corrected chi connectivity index (χ3v) is 2.24. The van der Waals surface area contributed by atoms with Gasteiger partial charge in [0.1, 0.15) is 5.76 Å². The lowest BCUT2D eigenvalue weighted by molar-refractivity contribution is 0.216. The maximum absolute atomic E-state index is 5.55. The number of ether oxygens (including phenoxy) is 1. The number of unbranched alkanes of at least 4 members (excludes halogenated alkanes) is 1. The van der Waals surface area contributed by atoms with Gasteiger partial charge in [-0.15, -0.1) is 12.6 Å². The maximum Gasteiger partial charge on any atom is 0.128 e. The van der Waals surface area contributed by atoms with Crippen molar-refractivity contribution in [1.29, 1.82) is 0 Å². The van der Waals surface area contributed by atoms with Crippen LogP contribution in [0.15, 0.2) is 22.8 Å². The minimum Gasteiger partial charge on any atom is -0.493 e. The van der Waals surface area contributed by atoms with Crippen LogP contribution in [-0.4, -0.2) is 6.61 Å². The number of allylic oxidation sites excluding steroid dienone is 2. The van der Waals surface area contributed by atoms with E-state index in [0.717, 1.165) is 36.5 Å². The van der Waals surface area contributed by atoms with Crippen molar-refractivity contribution in [3.05, 3.63) is 22.8 Å². The first-order valence-electron chi connectivity index (χ1n) is 4.57. The second-order valence-corrected chi connectivity index (χ2v) is 3.42. The molecule has 1 rings (SSSR count). The van der Waals surface area contributed by atoms with Crippen molar-refractivity contribution in [3.8, 4) is 0 Å². The van der Waals surface area contributed by atoms with Crippen molar-refractivity contribution in [2.75, 3.05) is 6.61 Å². The van der Waals surface area contributed by atoms with Crippen LogP contribution in [0.2, 0.25) is 0 Å². The minimum absolute atomic E-state index is 0.820. The molecular formula is C10H16OS. The first kappa shape index (κ1) is 9.72. The molecule has 0 fully saturated rings. The summed E-state index contributed by atoms with van der Waals surface area (Å²) in [6.07, 6.45) is 8.73. The van der Waals surface area contributed by atoms with Crippen molar-refractivity contribution < 1.29 is 4.74 Å².